The van der Waals surface area contributed by atoms with Gasteiger partial charge in [0.2, 0.25) is 11.8 Å². The lowest BCUT2D eigenvalue weighted by molar-refractivity contribution is -0.141. The van der Waals surface area contributed by atoms with E-state index in [9.17, 15) is 18.0 Å². The van der Waals surface area contributed by atoms with Gasteiger partial charge in [0.25, 0.3) is 0 Å². The number of anilines is 3. The molecule has 1 N–H and O–H groups in total. The third-order valence-electron chi connectivity index (χ3n) is 7.11. The Morgan fingerprint density at radius 1 is 1.22 bits per heavy atom. The van der Waals surface area contributed by atoms with Gasteiger partial charge in [-0.05, 0) is 39.3 Å². The summed E-state index contributed by atoms with van der Waals surface area (Å²) in [7, 11) is 0. The lowest BCUT2D eigenvalue weighted by Gasteiger charge is -2.36. The van der Waals surface area contributed by atoms with Gasteiger partial charge in [-0.3, -0.25) is 10.2 Å². The van der Waals surface area contributed by atoms with Gasteiger partial charge in [-0.2, -0.15) is 18.2 Å². The molecule has 11 nitrogen and oxygen atoms in total. The monoisotopic (exact) mass is 571 g/mol. The van der Waals surface area contributed by atoms with Crippen molar-refractivity contribution in [1.82, 2.24) is 19.9 Å². The number of rotatable bonds is 5. The quantitative estimate of drug-likeness (QED) is 0.475. The number of nitrogens with zero attached hydrogens (tertiary/aromatic N) is 6. The Morgan fingerprint density at radius 3 is 2.80 bits per heavy atom. The van der Waals surface area contributed by atoms with Crippen molar-refractivity contribution in [2.75, 3.05) is 41.4 Å². The number of halogens is 3. The summed E-state index contributed by atoms with van der Waals surface area (Å²) in [5.74, 6) is 0.0228. The minimum atomic E-state index is -4.51. The zero-order chi connectivity index (χ0) is 28.9. The first-order valence-electron chi connectivity index (χ1n) is 13.2. The maximum Gasteiger partial charge on any atom is 0.416 e. The molecule has 2 aromatic heterocycles. The lowest BCUT2D eigenvalue weighted by Crippen LogP contribution is -2.48. The summed E-state index contributed by atoms with van der Waals surface area (Å²) >= 11 is 0. The van der Waals surface area contributed by atoms with Crippen molar-refractivity contribution in [2.45, 2.75) is 51.3 Å². The standard InChI is InChI=1S/C27H28F3N7O4/c1-15-21-23(34-22(32-15)16-5-4-6-17(11-16)27(28,29)30)37(18-8-10-36(21)12-18)25(38)35-24-31-9-7-20(33-24)39-13-19-14-40-26(2,3)41-19/h4-7,9,11,18-19H,8,10,12-14H2,1-3H3,(H,31,33,35,38)/t18?,19-/m0/s1. The number of aromatic nitrogens is 4. The number of ether oxygens (including phenoxy) is 3. The highest BCUT2D eigenvalue weighted by Crippen LogP contribution is 2.42. The number of carbonyl (C=O) groups is 1. The molecular formula is C27H28F3N7O4. The van der Waals surface area contributed by atoms with Crippen molar-refractivity contribution in [3.63, 3.8) is 0 Å². The van der Waals surface area contributed by atoms with E-state index in [2.05, 4.69) is 30.2 Å². The van der Waals surface area contributed by atoms with Gasteiger partial charge >= 0.3 is 12.2 Å². The van der Waals surface area contributed by atoms with E-state index in [0.29, 0.717) is 43.3 Å². The largest absolute Gasteiger partial charge is 0.475 e. The lowest BCUT2D eigenvalue weighted by atomic mass is 10.1. The van der Waals surface area contributed by atoms with E-state index in [0.717, 1.165) is 12.1 Å². The van der Waals surface area contributed by atoms with Crippen LogP contribution in [-0.2, 0) is 15.7 Å². The van der Waals surface area contributed by atoms with Crippen LogP contribution < -0.4 is 19.9 Å². The van der Waals surface area contributed by atoms with E-state index in [1.54, 1.807) is 13.0 Å². The van der Waals surface area contributed by atoms with Gasteiger partial charge in [-0.25, -0.2) is 19.7 Å². The first-order chi connectivity index (χ1) is 19.5. The van der Waals surface area contributed by atoms with Crippen LogP contribution in [0.15, 0.2) is 36.5 Å². The van der Waals surface area contributed by atoms with Crippen molar-refractivity contribution < 1.29 is 32.2 Å². The number of hydrogen-bond acceptors (Lipinski definition) is 9. The highest BCUT2D eigenvalue weighted by molar-refractivity contribution is 6.04. The van der Waals surface area contributed by atoms with Crippen LogP contribution in [0.4, 0.5) is 35.4 Å². The molecule has 1 aromatic carbocycles. The summed E-state index contributed by atoms with van der Waals surface area (Å²) in [6.45, 7) is 7.27. The molecule has 0 radical (unpaired) electrons. The Morgan fingerprint density at radius 2 is 2.05 bits per heavy atom. The molecule has 6 rings (SSSR count). The molecule has 2 atom stereocenters. The SMILES string of the molecule is Cc1nc(-c2cccc(C(F)(F)F)c2)nc2c1N1CCC(C1)N2C(=O)Nc1nccc(OC[C@H]2COC(C)(C)O2)n1. The summed E-state index contributed by atoms with van der Waals surface area (Å²) in [5, 5.41) is 2.73. The van der Waals surface area contributed by atoms with E-state index < -0.39 is 23.6 Å². The molecule has 0 aliphatic carbocycles. The highest BCUT2D eigenvalue weighted by Gasteiger charge is 2.42. The fourth-order valence-corrected chi connectivity index (χ4v) is 5.31. The number of nitrogens with one attached hydrogen (secondary N) is 1. The van der Waals surface area contributed by atoms with Crippen molar-refractivity contribution in [3.05, 3.63) is 47.8 Å². The molecule has 2 bridgehead atoms. The van der Waals surface area contributed by atoms with Crippen LogP contribution in [0.2, 0.25) is 0 Å². The van der Waals surface area contributed by atoms with Crippen molar-refractivity contribution in [2.24, 2.45) is 0 Å². The number of amides is 2. The number of fused-ring (bicyclic) bond motifs is 4. The molecule has 0 spiro atoms. The van der Waals surface area contributed by atoms with E-state index >= 15 is 0 Å². The highest BCUT2D eigenvalue weighted by atomic mass is 19.4. The van der Waals surface area contributed by atoms with E-state index in [-0.39, 0.29) is 42.0 Å². The van der Waals surface area contributed by atoms with E-state index in [4.69, 9.17) is 14.2 Å². The maximum absolute atomic E-state index is 13.6. The third-order valence-corrected chi connectivity index (χ3v) is 7.11. The van der Waals surface area contributed by atoms with Crippen molar-refractivity contribution >= 4 is 23.5 Å². The molecule has 3 aliphatic rings. The zero-order valence-electron chi connectivity index (χ0n) is 22.6. The molecule has 5 heterocycles. The molecule has 2 fully saturated rings. The second-order valence-electron chi connectivity index (χ2n) is 10.6. The van der Waals surface area contributed by atoms with Gasteiger partial charge in [0.15, 0.2) is 17.4 Å². The molecule has 2 amide bonds. The Hall–Kier alpha value is -4.04. The second kappa shape index (κ2) is 10.1. The first-order valence-corrected chi connectivity index (χ1v) is 13.2. The third kappa shape index (κ3) is 5.48. The normalized spacial score (nSPS) is 21.1. The van der Waals surface area contributed by atoms with Crippen molar-refractivity contribution in [3.8, 4) is 17.3 Å². The van der Waals surface area contributed by atoms with Gasteiger partial charge in [-0.1, -0.05) is 12.1 Å². The minimum Gasteiger partial charge on any atom is -0.475 e. The molecular weight excluding hydrogens is 543 g/mol. The maximum atomic E-state index is 13.6. The molecule has 3 aliphatic heterocycles. The number of aryl methyl sites for hydroxylation is 1. The van der Waals surface area contributed by atoms with Crippen LogP contribution in [0, 0.1) is 6.92 Å². The Labute approximate surface area is 233 Å². The Kier molecular flexibility index (Phi) is 6.69. The summed E-state index contributed by atoms with van der Waals surface area (Å²) in [4.78, 5) is 34.8. The molecule has 14 heteroatoms. The summed E-state index contributed by atoms with van der Waals surface area (Å²) in [5.41, 5.74) is 0.632. The average molecular weight is 572 g/mol. The van der Waals surface area contributed by atoms with Gasteiger partial charge in [0.05, 0.1) is 23.9 Å². The van der Waals surface area contributed by atoms with Gasteiger partial charge < -0.3 is 19.1 Å². The molecule has 216 valence electrons. The Balaban J connectivity index is 1.25. The summed E-state index contributed by atoms with van der Waals surface area (Å²) in [6, 6.07) is 5.68. The van der Waals surface area contributed by atoms with Crippen LogP contribution in [0.25, 0.3) is 11.4 Å². The molecule has 3 aromatic rings. The van der Waals surface area contributed by atoms with Crippen LogP contribution in [0.1, 0.15) is 31.5 Å². The van der Waals surface area contributed by atoms with Crippen LogP contribution in [-0.4, -0.2) is 70.2 Å². The number of alkyl halides is 3. The van der Waals surface area contributed by atoms with Crippen LogP contribution in [0.5, 0.6) is 5.88 Å². The van der Waals surface area contributed by atoms with Gasteiger partial charge in [-0.15, -0.1) is 0 Å². The molecule has 41 heavy (non-hydrogen) atoms. The van der Waals surface area contributed by atoms with Gasteiger partial charge in [0.1, 0.15) is 18.4 Å². The second-order valence-corrected chi connectivity index (χ2v) is 10.6. The fourth-order valence-electron chi connectivity index (χ4n) is 5.31. The fraction of sp³-hybridized carbons (Fsp3) is 0.444. The van der Waals surface area contributed by atoms with Gasteiger partial charge in [0, 0.05) is 30.9 Å². The minimum absolute atomic E-state index is 0.0299. The van der Waals surface area contributed by atoms with E-state index in [1.807, 2.05) is 13.8 Å². The molecule has 0 saturated carbocycles. The zero-order valence-corrected chi connectivity index (χ0v) is 22.6. The molecule has 2 saturated heterocycles. The average Bonchev–Trinajstić information content (AvgIpc) is 3.49. The van der Waals surface area contributed by atoms with Crippen molar-refractivity contribution in [1.29, 1.82) is 0 Å². The van der Waals surface area contributed by atoms with E-state index in [1.165, 1.54) is 23.2 Å². The van der Waals surface area contributed by atoms with Crippen LogP contribution in [0.3, 0.4) is 0 Å². The topological polar surface area (TPSA) is 115 Å². The summed E-state index contributed by atoms with van der Waals surface area (Å²) in [6.07, 6.45) is -2.62. The smallest absolute Gasteiger partial charge is 0.416 e. The first kappa shape index (κ1) is 27.1. The predicted molar refractivity (Wildman–Crippen MR) is 142 cm³/mol. The Bertz CT molecular complexity index is 1490. The molecule has 1 unspecified atom stereocenters. The number of hydrogen-bond donors (Lipinski definition) is 1. The number of urea groups is 1. The number of benzene rings is 1. The van der Waals surface area contributed by atoms with Crippen LogP contribution >= 0.6 is 0 Å². The number of carbonyl (C=O) groups excluding carboxylic acids is 1. The predicted octanol–water partition coefficient (Wildman–Crippen LogP) is 4.42. The summed E-state index contributed by atoms with van der Waals surface area (Å²) < 4.78 is 57.1.